The minimum Gasteiger partial charge on any atom is -0.459 e. The van der Waals surface area contributed by atoms with Crippen LogP contribution >= 0.6 is 0 Å². The van der Waals surface area contributed by atoms with Crippen molar-refractivity contribution in [2.45, 2.75) is 60.5 Å². The molecule has 0 bridgehead atoms. The lowest BCUT2D eigenvalue weighted by Crippen LogP contribution is -2.27. The highest BCUT2D eigenvalue weighted by Crippen LogP contribution is 2.20. The number of carbonyl (C=O) groups is 2. The molecular weight excluding hydrogens is 455 g/mol. The predicted octanol–water partition coefficient (Wildman–Crippen LogP) is 3.71. The fraction of sp³-hybridized carbons (Fsp3) is 0.400. The van der Waals surface area contributed by atoms with Gasteiger partial charge in [0, 0.05) is 12.5 Å². The van der Waals surface area contributed by atoms with Gasteiger partial charge in [0.1, 0.15) is 12.3 Å². The van der Waals surface area contributed by atoms with Crippen LogP contribution in [0.1, 0.15) is 66.9 Å². The molecule has 0 aliphatic rings. The van der Waals surface area contributed by atoms with E-state index in [9.17, 15) is 14.4 Å². The van der Waals surface area contributed by atoms with Gasteiger partial charge >= 0.3 is 11.7 Å². The Balaban J connectivity index is 2.01. The summed E-state index contributed by atoms with van der Waals surface area (Å²) in [4.78, 5) is 42.4. The number of benzene rings is 1. The lowest BCUT2D eigenvalue weighted by molar-refractivity contribution is 0.0373. The van der Waals surface area contributed by atoms with Crippen molar-refractivity contribution < 1.29 is 23.5 Å². The Morgan fingerprint density at radius 1 is 1.09 bits per heavy atom. The van der Waals surface area contributed by atoms with E-state index in [2.05, 4.69) is 10.1 Å². The molecule has 0 aliphatic heterocycles. The van der Waals surface area contributed by atoms with E-state index < -0.39 is 41.1 Å². The van der Waals surface area contributed by atoms with Gasteiger partial charge < -0.3 is 9.47 Å². The maximum atomic E-state index is 15.2. The van der Waals surface area contributed by atoms with Gasteiger partial charge in [-0.25, -0.2) is 19.0 Å². The summed E-state index contributed by atoms with van der Waals surface area (Å²) in [6.45, 7) is 8.85. The highest BCUT2D eigenvalue weighted by molar-refractivity contribution is 6.05. The average molecular weight is 485 g/mol. The number of rotatable bonds is 10. The maximum absolute atomic E-state index is 15.2. The third kappa shape index (κ3) is 5.89. The molecule has 0 unspecified atom stereocenters. The Bertz CT molecular complexity index is 1260. The van der Waals surface area contributed by atoms with Crippen molar-refractivity contribution in [3.8, 4) is 5.82 Å². The number of hydrogen-bond donors (Lipinski definition) is 0. The Morgan fingerprint density at radius 3 is 2.37 bits per heavy atom. The summed E-state index contributed by atoms with van der Waals surface area (Å²) in [6, 6.07) is 10.4. The van der Waals surface area contributed by atoms with Gasteiger partial charge in [0.2, 0.25) is 0 Å². The number of halogens is 1. The van der Waals surface area contributed by atoms with Crippen molar-refractivity contribution in [1.82, 2.24) is 19.3 Å². The standard InChI is InChI=1S/C25H29FN4O5/c1-6-29-20(14-34-13-17-10-8-7-9-11-17)28-30(25(29)33)23-19(26)12-18(24(32)35-16(4)5)21(27-23)22(31)15(2)3/h7-12,15-16H,6,13-14H2,1-5H3. The summed E-state index contributed by atoms with van der Waals surface area (Å²) in [5.74, 6) is -3.08. The summed E-state index contributed by atoms with van der Waals surface area (Å²) in [6.07, 6.45) is -0.478. The SMILES string of the molecule is CCn1c(COCc2ccccc2)nn(-c2nc(C(=O)C(C)C)c(C(=O)OC(C)C)cc2F)c1=O. The molecule has 186 valence electrons. The van der Waals surface area contributed by atoms with Gasteiger partial charge in [-0.05, 0) is 32.4 Å². The van der Waals surface area contributed by atoms with E-state index in [0.717, 1.165) is 16.3 Å². The van der Waals surface area contributed by atoms with Crippen molar-refractivity contribution >= 4 is 11.8 Å². The van der Waals surface area contributed by atoms with Crippen LogP contribution < -0.4 is 5.69 Å². The van der Waals surface area contributed by atoms with Crippen molar-refractivity contribution in [2.24, 2.45) is 5.92 Å². The lowest BCUT2D eigenvalue weighted by atomic mass is 10.0. The molecule has 0 saturated heterocycles. The molecule has 9 nitrogen and oxygen atoms in total. The topological polar surface area (TPSA) is 105 Å². The zero-order valence-corrected chi connectivity index (χ0v) is 20.4. The van der Waals surface area contributed by atoms with Gasteiger partial charge in [-0.1, -0.05) is 44.2 Å². The molecule has 0 N–H and O–H groups in total. The number of ketones is 1. The van der Waals surface area contributed by atoms with Crippen LogP contribution in [-0.4, -0.2) is 37.2 Å². The number of pyridine rings is 1. The van der Waals surface area contributed by atoms with Crippen LogP contribution in [0.5, 0.6) is 0 Å². The van der Waals surface area contributed by atoms with Gasteiger partial charge in [0.15, 0.2) is 23.2 Å². The molecule has 2 aromatic heterocycles. The minimum absolute atomic E-state index is 0.00315. The highest BCUT2D eigenvalue weighted by atomic mass is 19.1. The molecule has 0 saturated carbocycles. The van der Waals surface area contributed by atoms with Crippen LogP contribution in [-0.2, 0) is 29.2 Å². The number of ether oxygens (including phenoxy) is 2. The second-order valence-electron chi connectivity index (χ2n) is 8.50. The zero-order chi connectivity index (χ0) is 25.7. The Kier molecular flexibility index (Phi) is 8.29. The monoisotopic (exact) mass is 484 g/mol. The summed E-state index contributed by atoms with van der Waals surface area (Å²) >= 11 is 0. The van der Waals surface area contributed by atoms with Crippen LogP contribution in [0.25, 0.3) is 5.82 Å². The number of esters is 1. The summed E-state index contributed by atoms with van der Waals surface area (Å²) in [5.41, 5.74) is -0.265. The molecule has 3 rings (SSSR count). The second kappa shape index (κ2) is 11.2. The van der Waals surface area contributed by atoms with Crippen molar-refractivity contribution in [3.63, 3.8) is 0 Å². The van der Waals surface area contributed by atoms with E-state index >= 15 is 4.39 Å². The van der Waals surface area contributed by atoms with E-state index in [0.29, 0.717) is 6.61 Å². The Labute approximate surface area is 202 Å². The molecule has 0 amide bonds. The van der Waals surface area contributed by atoms with E-state index in [1.807, 2.05) is 30.3 Å². The van der Waals surface area contributed by atoms with E-state index in [1.54, 1.807) is 34.6 Å². The van der Waals surface area contributed by atoms with Crippen LogP contribution in [0.3, 0.4) is 0 Å². The van der Waals surface area contributed by atoms with Gasteiger partial charge in [0.05, 0.1) is 18.3 Å². The van der Waals surface area contributed by atoms with Crippen LogP contribution in [0, 0.1) is 11.7 Å². The fourth-order valence-corrected chi connectivity index (χ4v) is 3.36. The van der Waals surface area contributed by atoms with E-state index in [4.69, 9.17) is 9.47 Å². The van der Waals surface area contributed by atoms with Crippen LogP contribution in [0.15, 0.2) is 41.2 Å². The van der Waals surface area contributed by atoms with Gasteiger partial charge in [-0.15, -0.1) is 5.10 Å². The largest absolute Gasteiger partial charge is 0.459 e. The number of hydrogen-bond acceptors (Lipinski definition) is 7. The number of carbonyl (C=O) groups excluding carboxylic acids is 2. The second-order valence-corrected chi connectivity index (χ2v) is 8.50. The molecule has 0 atom stereocenters. The summed E-state index contributed by atoms with van der Waals surface area (Å²) < 4.78 is 28.1. The van der Waals surface area contributed by atoms with Gasteiger partial charge in [-0.3, -0.25) is 9.36 Å². The fourth-order valence-electron chi connectivity index (χ4n) is 3.36. The molecule has 0 radical (unpaired) electrons. The number of aromatic nitrogens is 4. The Hall–Kier alpha value is -3.66. The minimum atomic E-state index is -0.986. The Morgan fingerprint density at radius 2 is 1.77 bits per heavy atom. The highest BCUT2D eigenvalue weighted by Gasteiger charge is 2.28. The molecule has 10 heteroatoms. The maximum Gasteiger partial charge on any atom is 0.352 e. The first-order valence-electron chi connectivity index (χ1n) is 11.4. The third-order valence-electron chi connectivity index (χ3n) is 5.08. The first-order valence-corrected chi connectivity index (χ1v) is 11.4. The summed E-state index contributed by atoms with van der Waals surface area (Å²) in [7, 11) is 0. The quantitative estimate of drug-likeness (QED) is 0.319. The van der Waals surface area contributed by atoms with Gasteiger partial charge in [-0.2, -0.15) is 4.68 Å². The molecular formula is C25H29FN4O5. The lowest BCUT2D eigenvalue weighted by Gasteiger charge is -2.13. The van der Waals surface area contributed by atoms with Gasteiger partial charge in [0.25, 0.3) is 0 Å². The summed E-state index contributed by atoms with van der Waals surface area (Å²) in [5, 5.41) is 4.22. The molecule has 0 spiro atoms. The number of nitrogens with zero attached hydrogens (tertiary/aromatic N) is 4. The molecule has 35 heavy (non-hydrogen) atoms. The zero-order valence-electron chi connectivity index (χ0n) is 20.4. The molecule has 3 aromatic rings. The van der Waals surface area contributed by atoms with Crippen LogP contribution in [0.2, 0.25) is 0 Å². The first-order chi connectivity index (χ1) is 16.6. The first kappa shape index (κ1) is 26.0. The molecule has 0 fully saturated rings. The van der Waals surface area contributed by atoms with Crippen LogP contribution in [0.4, 0.5) is 4.39 Å². The van der Waals surface area contributed by atoms with Crippen molar-refractivity contribution in [2.75, 3.05) is 0 Å². The molecule has 1 aromatic carbocycles. The predicted molar refractivity (Wildman–Crippen MR) is 126 cm³/mol. The number of Topliss-reactive ketones (excluding diaryl/α,β-unsaturated/α-hetero) is 1. The van der Waals surface area contributed by atoms with Crippen molar-refractivity contribution in [1.29, 1.82) is 0 Å². The third-order valence-corrected chi connectivity index (χ3v) is 5.08. The smallest absolute Gasteiger partial charge is 0.352 e. The van der Waals surface area contributed by atoms with E-state index in [-0.39, 0.29) is 30.2 Å². The van der Waals surface area contributed by atoms with Crippen molar-refractivity contribution in [3.05, 3.63) is 75.3 Å². The molecule has 0 aliphatic carbocycles. The van der Waals surface area contributed by atoms with E-state index in [1.165, 1.54) is 4.57 Å². The molecule has 2 heterocycles. The normalized spacial score (nSPS) is 11.3. The average Bonchev–Trinajstić information content (AvgIpc) is 3.13.